The van der Waals surface area contributed by atoms with Crippen LogP contribution in [0, 0.1) is 10.1 Å². The SMILES string of the molecule is O=C1c2ccccc2C(=O)N1c1ccc2c(-c3ccccc3)c([N+](=O)[O-])oc2c1. The van der Waals surface area contributed by atoms with E-state index in [0.717, 1.165) is 4.90 Å². The molecule has 4 aromatic rings. The molecular formula is C22H12N2O5. The van der Waals surface area contributed by atoms with E-state index in [1.54, 1.807) is 60.7 Å². The van der Waals surface area contributed by atoms with Gasteiger partial charge in [0.15, 0.2) is 0 Å². The number of amides is 2. The molecule has 0 saturated heterocycles. The molecule has 0 N–H and O–H groups in total. The molecule has 1 aliphatic rings. The van der Waals surface area contributed by atoms with Crippen LogP contribution in [0.4, 0.5) is 11.6 Å². The molecule has 2 heterocycles. The average Bonchev–Trinajstić information content (AvgIpc) is 3.24. The van der Waals surface area contributed by atoms with Crippen LogP contribution in [0.25, 0.3) is 22.1 Å². The number of nitrogens with zero attached hydrogens (tertiary/aromatic N) is 2. The Kier molecular flexibility index (Phi) is 3.57. The van der Waals surface area contributed by atoms with Crippen LogP contribution in [0.2, 0.25) is 0 Å². The Bertz CT molecular complexity index is 1290. The van der Waals surface area contributed by atoms with Crippen molar-refractivity contribution in [3.05, 3.63) is 94.0 Å². The zero-order chi connectivity index (χ0) is 20.1. The lowest BCUT2D eigenvalue weighted by atomic mass is 10.0. The fourth-order valence-electron chi connectivity index (χ4n) is 3.65. The van der Waals surface area contributed by atoms with Crippen molar-refractivity contribution in [2.45, 2.75) is 0 Å². The van der Waals surface area contributed by atoms with Crippen LogP contribution in [0.5, 0.6) is 0 Å². The van der Waals surface area contributed by atoms with Crippen molar-refractivity contribution in [1.82, 2.24) is 0 Å². The molecule has 5 rings (SSSR count). The summed E-state index contributed by atoms with van der Waals surface area (Å²) >= 11 is 0. The molecule has 0 bridgehead atoms. The second kappa shape index (κ2) is 6.13. The quantitative estimate of drug-likeness (QED) is 0.287. The van der Waals surface area contributed by atoms with Gasteiger partial charge >= 0.3 is 5.88 Å². The lowest BCUT2D eigenvalue weighted by molar-refractivity contribution is -0.400. The summed E-state index contributed by atoms with van der Waals surface area (Å²) in [5, 5.41) is 12.1. The van der Waals surface area contributed by atoms with Crippen molar-refractivity contribution in [3.63, 3.8) is 0 Å². The topological polar surface area (TPSA) is 93.7 Å². The summed E-state index contributed by atoms with van der Waals surface area (Å²) in [6.45, 7) is 0. The Balaban J connectivity index is 1.67. The van der Waals surface area contributed by atoms with Crippen molar-refractivity contribution in [2.24, 2.45) is 0 Å². The van der Waals surface area contributed by atoms with Gasteiger partial charge in [-0.05, 0) is 29.8 Å². The second-order valence-electron chi connectivity index (χ2n) is 6.58. The number of nitro groups is 1. The molecule has 0 aliphatic carbocycles. The van der Waals surface area contributed by atoms with E-state index in [4.69, 9.17) is 4.42 Å². The van der Waals surface area contributed by atoms with Gasteiger partial charge in [0.25, 0.3) is 11.8 Å². The minimum atomic E-state index is -0.579. The van der Waals surface area contributed by atoms with E-state index >= 15 is 0 Å². The number of furan rings is 1. The molecule has 7 heteroatoms. The molecule has 0 unspecified atom stereocenters. The molecule has 0 fully saturated rings. The molecule has 1 aliphatic heterocycles. The van der Waals surface area contributed by atoms with Crippen LogP contribution in [0.3, 0.4) is 0 Å². The zero-order valence-corrected chi connectivity index (χ0v) is 14.9. The molecule has 7 nitrogen and oxygen atoms in total. The lowest BCUT2D eigenvalue weighted by Gasteiger charge is -2.13. The fraction of sp³-hybridized carbons (Fsp3) is 0. The summed E-state index contributed by atoms with van der Waals surface area (Å²) in [7, 11) is 0. The highest BCUT2D eigenvalue weighted by molar-refractivity contribution is 6.34. The first-order valence-corrected chi connectivity index (χ1v) is 8.80. The maximum Gasteiger partial charge on any atom is 0.442 e. The number of rotatable bonds is 3. The van der Waals surface area contributed by atoms with Crippen molar-refractivity contribution in [3.8, 4) is 11.1 Å². The van der Waals surface area contributed by atoms with Crippen molar-refractivity contribution in [2.75, 3.05) is 4.90 Å². The molecule has 0 spiro atoms. The highest BCUT2D eigenvalue weighted by Crippen LogP contribution is 2.41. The van der Waals surface area contributed by atoms with E-state index in [-0.39, 0.29) is 11.5 Å². The van der Waals surface area contributed by atoms with Crippen molar-refractivity contribution in [1.29, 1.82) is 0 Å². The maximum atomic E-state index is 12.7. The van der Waals surface area contributed by atoms with Crippen LogP contribution in [-0.4, -0.2) is 16.7 Å². The van der Waals surface area contributed by atoms with Gasteiger partial charge in [-0.2, -0.15) is 0 Å². The van der Waals surface area contributed by atoms with E-state index in [1.165, 1.54) is 6.07 Å². The number of hydrogen-bond donors (Lipinski definition) is 0. The molecule has 0 radical (unpaired) electrons. The summed E-state index contributed by atoms with van der Waals surface area (Å²) in [4.78, 5) is 37.5. The summed E-state index contributed by atoms with van der Waals surface area (Å²) in [6.07, 6.45) is 0. The highest BCUT2D eigenvalue weighted by Gasteiger charge is 2.37. The van der Waals surface area contributed by atoms with E-state index in [1.807, 2.05) is 6.07 Å². The van der Waals surface area contributed by atoms with Crippen LogP contribution in [0.15, 0.2) is 77.2 Å². The first kappa shape index (κ1) is 16.9. The summed E-state index contributed by atoms with van der Waals surface area (Å²) in [6, 6.07) is 20.2. The number of benzene rings is 3. The monoisotopic (exact) mass is 384 g/mol. The predicted molar refractivity (Wildman–Crippen MR) is 106 cm³/mol. The third-order valence-electron chi connectivity index (χ3n) is 4.94. The van der Waals surface area contributed by atoms with E-state index in [0.29, 0.717) is 33.3 Å². The van der Waals surface area contributed by atoms with Gasteiger partial charge in [0.1, 0.15) is 16.1 Å². The summed E-state index contributed by atoms with van der Waals surface area (Å²) < 4.78 is 5.51. The first-order chi connectivity index (χ1) is 14.1. The van der Waals surface area contributed by atoms with E-state index in [9.17, 15) is 19.7 Å². The Hall–Kier alpha value is -4.26. The molecule has 0 saturated carbocycles. The number of carbonyl (C=O) groups is 2. The van der Waals surface area contributed by atoms with Gasteiger partial charge in [-0.15, -0.1) is 0 Å². The minimum absolute atomic E-state index is 0.226. The van der Waals surface area contributed by atoms with Crippen LogP contribution in [-0.2, 0) is 0 Å². The van der Waals surface area contributed by atoms with Crippen LogP contribution in [0.1, 0.15) is 20.7 Å². The average molecular weight is 384 g/mol. The number of anilines is 1. The minimum Gasteiger partial charge on any atom is -0.400 e. The molecule has 29 heavy (non-hydrogen) atoms. The molecule has 1 aromatic heterocycles. The Morgan fingerprint density at radius 1 is 0.828 bits per heavy atom. The fourth-order valence-corrected chi connectivity index (χ4v) is 3.65. The predicted octanol–water partition coefficient (Wildman–Crippen LogP) is 4.81. The van der Waals surface area contributed by atoms with Gasteiger partial charge in [0.05, 0.1) is 16.8 Å². The Morgan fingerprint density at radius 2 is 1.45 bits per heavy atom. The number of carbonyl (C=O) groups excluding carboxylic acids is 2. The standard InChI is InChI=1S/C22H12N2O5/c25-20-15-8-4-5-9-16(15)21(26)23(20)14-10-11-17-18(12-14)29-22(24(27)28)19(17)13-6-2-1-3-7-13/h1-12H. The molecule has 2 amide bonds. The lowest BCUT2D eigenvalue weighted by Crippen LogP contribution is -2.29. The molecule has 140 valence electrons. The van der Waals surface area contributed by atoms with Gasteiger partial charge < -0.3 is 4.42 Å². The van der Waals surface area contributed by atoms with Gasteiger partial charge in [0.2, 0.25) is 0 Å². The third kappa shape index (κ3) is 2.45. The van der Waals surface area contributed by atoms with Gasteiger partial charge in [-0.1, -0.05) is 42.5 Å². The van der Waals surface area contributed by atoms with Gasteiger partial charge in [0, 0.05) is 11.5 Å². The first-order valence-electron chi connectivity index (χ1n) is 8.80. The molecule has 3 aromatic carbocycles. The van der Waals surface area contributed by atoms with Gasteiger partial charge in [-0.3, -0.25) is 19.7 Å². The second-order valence-corrected chi connectivity index (χ2v) is 6.58. The Morgan fingerprint density at radius 3 is 2.07 bits per heavy atom. The van der Waals surface area contributed by atoms with E-state index in [2.05, 4.69) is 0 Å². The summed E-state index contributed by atoms with van der Waals surface area (Å²) in [5.74, 6) is -1.26. The number of imide groups is 1. The smallest absolute Gasteiger partial charge is 0.400 e. The van der Waals surface area contributed by atoms with Crippen molar-refractivity contribution < 1.29 is 18.9 Å². The maximum absolute atomic E-state index is 12.7. The largest absolute Gasteiger partial charge is 0.442 e. The van der Waals surface area contributed by atoms with Crippen molar-refractivity contribution >= 4 is 34.4 Å². The summed E-state index contributed by atoms with van der Waals surface area (Å²) in [5.41, 5.74) is 2.18. The Labute approximate surface area is 163 Å². The normalized spacial score (nSPS) is 13.2. The molecule has 0 atom stereocenters. The highest BCUT2D eigenvalue weighted by atomic mass is 16.6. The number of hydrogen-bond acceptors (Lipinski definition) is 5. The van der Waals surface area contributed by atoms with Crippen LogP contribution < -0.4 is 4.90 Å². The van der Waals surface area contributed by atoms with E-state index < -0.39 is 16.7 Å². The third-order valence-corrected chi connectivity index (χ3v) is 4.94. The zero-order valence-electron chi connectivity index (χ0n) is 14.9. The van der Waals surface area contributed by atoms with Crippen LogP contribution >= 0.6 is 0 Å². The number of fused-ring (bicyclic) bond motifs is 2. The molecular weight excluding hydrogens is 372 g/mol. The van der Waals surface area contributed by atoms with Gasteiger partial charge in [-0.25, -0.2) is 4.90 Å².